The Morgan fingerprint density at radius 1 is 1.14 bits per heavy atom. The van der Waals surface area contributed by atoms with Crippen LogP contribution < -0.4 is 10.6 Å². The zero-order chi connectivity index (χ0) is 15.2. The van der Waals surface area contributed by atoms with Crippen molar-refractivity contribution in [2.45, 2.75) is 13.0 Å². The number of halogens is 1. The highest BCUT2D eigenvalue weighted by Gasteiger charge is 2.17. The van der Waals surface area contributed by atoms with Gasteiger partial charge in [0, 0.05) is 18.0 Å². The molecular weight excluding hydrogens is 273 g/mol. The second-order valence-electron chi connectivity index (χ2n) is 4.40. The minimum absolute atomic E-state index is 0.0764. The third-order valence-electron chi connectivity index (χ3n) is 2.82. The maximum atomic E-state index is 13.4. The van der Waals surface area contributed by atoms with E-state index in [4.69, 9.17) is 0 Å². The van der Waals surface area contributed by atoms with Gasteiger partial charge in [0.15, 0.2) is 0 Å². The average molecular weight is 287 g/mol. The lowest BCUT2D eigenvalue weighted by molar-refractivity contribution is -0.117. The Balaban J connectivity index is 1.97. The molecule has 0 aliphatic rings. The second-order valence-corrected chi connectivity index (χ2v) is 4.40. The summed E-state index contributed by atoms with van der Waals surface area (Å²) in [4.78, 5) is 27.6. The predicted octanol–water partition coefficient (Wildman–Crippen LogP) is 1.98. The van der Waals surface area contributed by atoms with Gasteiger partial charge in [0.25, 0.3) is 5.91 Å². The number of nitrogens with zero attached hydrogens (tertiary/aromatic N) is 1. The van der Waals surface area contributed by atoms with Gasteiger partial charge in [0.05, 0.1) is 5.69 Å². The number of hydrogen-bond donors (Lipinski definition) is 2. The minimum Gasteiger partial charge on any atom is -0.341 e. The van der Waals surface area contributed by atoms with Crippen molar-refractivity contribution in [1.29, 1.82) is 0 Å². The smallest absolute Gasteiger partial charge is 0.252 e. The lowest BCUT2D eigenvalue weighted by atomic mass is 10.2. The molecule has 108 valence electrons. The number of carbonyl (C=O) groups is 2. The molecule has 0 aliphatic heterocycles. The number of para-hydroxylation sites is 1. The van der Waals surface area contributed by atoms with Crippen LogP contribution >= 0.6 is 0 Å². The molecule has 1 atom stereocenters. The van der Waals surface area contributed by atoms with E-state index >= 15 is 0 Å². The summed E-state index contributed by atoms with van der Waals surface area (Å²) in [6.07, 6.45) is 2.97. The van der Waals surface area contributed by atoms with E-state index in [9.17, 15) is 14.0 Å². The third-order valence-corrected chi connectivity index (χ3v) is 2.82. The molecule has 0 bridgehead atoms. The highest BCUT2D eigenvalue weighted by atomic mass is 19.1. The first-order valence-electron chi connectivity index (χ1n) is 6.34. The van der Waals surface area contributed by atoms with E-state index in [0.717, 1.165) is 0 Å². The third kappa shape index (κ3) is 3.85. The molecule has 2 aromatic rings. The quantitative estimate of drug-likeness (QED) is 0.903. The molecule has 0 spiro atoms. The van der Waals surface area contributed by atoms with E-state index in [1.54, 1.807) is 6.07 Å². The molecule has 0 saturated heterocycles. The van der Waals surface area contributed by atoms with Gasteiger partial charge in [0.2, 0.25) is 5.91 Å². The predicted molar refractivity (Wildman–Crippen MR) is 76.2 cm³/mol. The molecule has 0 aliphatic carbocycles. The van der Waals surface area contributed by atoms with Crippen LogP contribution in [-0.2, 0) is 4.79 Å². The van der Waals surface area contributed by atoms with Crippen LogP contribution in [0, 0.1) is 5.82 Å². The Bertz CT molecular complexity index is 646. The van der Waals surface area contributed by atoms with Gasteiger partial charge in [-0.15, -0.1) is 0 Å². The molecule has 1 heterocycles. The molecule has 0 radical (unpaired) electrons. The van der Waals surface area contributed by atoms with Crippen LogP contribution in [0.3, 0.4) is 0 Å². The van der Waals surface area contributed by atoms with Crippen molar-refractivity contribution in [3.05, 3.63) is 60.2 Å². The number of hydrogen-bond acceptors (Lipinski definition) is 3. The molecule has 0 saturated carbocycles. The van der Waals surface area contributed by atoms with Crippen molar-refractivity contribution in [2.75, 3.05) is 5.32 Å². The summed E-state index contributed by atoms with van der Waals surface area (Å²) in [7, 11) is 0. The number of amides is 2. The Labute approximate surface area is 121 Å². The van der Waals surface area contributed by atoms with E-state index in [0.29, 0.717) is 5.56 Å². The van der Waals surface area contributed by atoms with Gasteiger partial charge >= 0.3 is 0 Å². The summed E-state index contributed by atoms with van der Waals surface area (Å²) in [6, 6.07) is 8.11. The van der Waals surface area contributed by atoms with E-state index in [1.165, 1.54) is 49.6 Å². The fourth-order valence-corrected chi connectivity index (χ4v) is 1.65. The molecule has 1 aromatic carbocycles. The Hall–Kier alpha value is -2.76. The Kier molecular flexibility index (Phi) is 4.61. The largest absolute Gasteiger partial charge is 0.341 e. The summed E-state index contributed by atoms with van der Waals surface area (Å²) in [5.74, 6) is -1.42. The van der Waals surface area contributed by atoms with Crippen molar-refractivity contribution >= 4 is 17.5 Å². The molecule has 1 unspecified atom stereocenters. The standard InChI is InChI=1S/C15H14FN3O2/c1-10(18-15(21)11-6-8-17-9-7-11)14(20)19-13-5-3-2-4-12(13)16/h2-10H,1H3,(H,18,21)(H,19,20). The van der Waals surface area contributed by atoms with Crippen LogP contribution in [-0.4, -0.2) is 22.8 Å². The van der Waals surface area contributed by atoms with Gasteiger partial charge in [-0.05, 0) is 31.2 Å². The highest BCUT2D eigenvalue weighted by Crippen LogP contribution is 2.12. The van der Waals surface area contributed by atoms with Crippen LogP contribution in [0.15, 0.2) is 48.8 Å². The molecule has 5 nitrogen and oxygen atoms in total. The van der Waals surface area contributed by atoms with Gasteiger partial charge < -0.3 is 10.6 Å². The lowest BCUT2D eigenvalue weighted by Crippen LogP contribution is -2.41. The van der Waals surface area contributed by atoms with E-state index in [-0.39, 0.29) is 5.69 Å². The fraction of sp³-hybridized carbons (Fsp3) is 0.133. The SMILES string of the molecule is CC(NC(=O)c1ccncc1)C(=O)Nc1ccccc1F. The number of rotatable bonds is 4. The van der Waals surface area contributed by atoms with Gasteiger partial charge in [0.1, 0.15) is 11.9 Å². The van der Waals surface area contributed by atoms with Crippen LogP contribution in [0.1, 0.15) is 17.3 Å². The average Bonchev–Trinajstić information content (AvgIpc) is 2.50. The zero-order valence-corrected chi connectivity index (χ0v) is 11.3. The Morgan fingerprint density at radius 2 is 1.81 bits per heavy atom. The minimum atomic E-state index is -0.801. The van der Waals surface area contributed by atoms with Gasteiger partial charge in [-0.1, -0.05) is 12.1 Å². The lowest BCUT2D eigenvalue weighted by Gasteiger charge is -2.14. The normalized spacial score (nSPS) is 11.5. The molecule has 1 aromatic heterocycles. The number of benzene rings is 1. The number of nitrogens with one attached hydrogen (secondary N) is 2. The van der Waals surface area contributed by atoms with Crippen molar-refractivity contribution in [2.24, 2.45) is 0 Å². The van der Waals surface area contributed by atoms with Crippen molar-refractivity contribution < 1.29 is 14.0 Å². The zero-order valence-electron chi connectivity index (χ0n) is 11.3. The van der Waals surface area contributed by atoms with Crippen molar-refractivity contribution in [3.63, 3.8) is 0 Å². The summed E-state index contributed by atoms with van der Waals surface area (Å²) in [6.45, 7) is 1.52. The second kappa shape index (κ2) is 6.60. The highest BCUT2D eigenvalue weighted by molar-refractivity contribution is 6.00. The number of pyridine rings is 1. The van der Waals surface area contributed by atoms with Crippen molar-refractivity contribution in [3.8, 4) is 0 Å². The first-order valence-corrected chi connectivity index (χ1v) is 6.34. The molecule has 2 amide bonds. The van der Waals surface area contributed by atoms with E-state index < -0.39 is 23.7 Å². The van der Waals surface area contributed by atoms with E-state index in [2.05, 4.69) is 15.6 Å². The topological polar surface area (TPSA) is 71.1 Å². The maximum Gasteiger partial charge on any atom is 0.252 e. The summed E-state index contributed by atoms with van der Waals surface area (Å²) in [5.41, 5.74) is 0.475. The van der Waals surface area contributed by atoms with Crippen molar-refractivity contribution in [1.82, 2.24) is 10.3 Å². The molecule has 2 N–H and O–H groups in total. The van der Waals surface area contributed by atoms with E-state index in [1.807, 2.05) is 0 Å². The maximum absolute atomic E-state index is 13.4. The molecule has 21 heavy (non-hydrogen) atoms. The molecule has 6 heteroatoms. The first-order chi connectivity index (χ1) is 10.1. The molecule has 0 fully saturated rings. The fourth-order valence-electron chi connectivity index (χ4n) is 1.65. The number of aromatic nitrogens is 1. The van der Waals surface area contributed by atoms with Crippen LogP contribution in [0.25, 0.3) is 0 Å². The number of carbonyl (C=O) groups excluding carboxylic acids is 2. The summed E-state index contributed by atoms with van der Waals surface area (Å²) in [5, 5.41) is 4.96. The summed E-state index contributed by atoms with van der Waals surface area (Å²) < 4.78 is 13.4. The van der Waals surface area contributed by atoms with Crippen LogP contribution in [0.2, 0.25) is 0 Å². The Morgan fingerprint density at radius 3 is 2.48 bits per heavy atom. The molecule has 2 rings (SSSR count). The van der Waals surface area contributed by atoms with Gasteiger partial charge in [-0.3, -0.25) is 14.6 Å². The first kappa shape index (κ1) is 14.6. The summed E-state index contributed by atoms with van der Waals surface area (Å²) >= 11 is 0. The molecular formula is C15H14FN3O2. The van der Waals surface area contributed by atoms with Crippen LogP contribution in [0.4, 0.5) is 10.1 Å². The monoisotopic (exact) mass is 287 g/mol. The van der Waals surface area contributed by atoms with Gasteiger partial charge in [-0.2, -0.15) is 0 Å². The van der Waals surface area contributed by atoms with Crippen LogP contribution in [0.5, 0.6) is 0 Å². The number of anilines is 1. The van der Waals surface area contributed by atoms with Gasteiger partial charge in [-0.25, -0.2) is 4.39 Å².